The first-order valence-electron chi connectivity index (χ1n) is 8.09. The topological polar surface area (TPSA) is 84.0 Å². The number of pyridine rings is 1. The summed E-state index contributed by atoms with van der Waals surface area (Å²) in [4.78, 5) is 32.8. The number of hydrogen-bond acceptors (Lipinski definition) is 5. The van der Waals surface area contributed by atoms with Crippen molar-refractivity contribution in [1.82, 2.24) is 9.97 Å². The minimum atomic E-state index is -0.748. The molecular weight excluding hydrogens is 384 g/mol. The van der Waals surface area contributed by atoms with Crippen LogP contribution in [0.15, 0.2) is 53.5 Å². The van der Waals surface area contributed by atoms with Gasteiger partial charge in [-0.05, 0) is 43.7 Å². The Hall–Kier alpha value is -2.77. The predicted molar refractivity (Wildman–Crippen MR) is 107 cm³/mol. The van der Waals surface area contributed by atoms with E-state index < -0.39 is 5.41 Å². The number of carbonyl (C=O) groups is 2. The van der Waals surface area contributed by atoms with Gasteiger partial charge in [0.05, 0.1) is 22.8 Å². The lowest BCUT2D eigenvalue weighted by atomic mass is 9.83. The molecule has 0 aliphatic carbocycles. The second kappa shape index (κ2) is 7.85. The molecular formula is C19H17ClN4O2S. The van der Waals surface area contributed by atoms with E-state index >= 15 is 0 Å². The van der Waals surface area contributed by atoms with E-state index in [9.17, 15) is 9.59 Å². The highest BCUT2D eigenvalue weighted by atomic mass is 35.5. The van der Waals surface area contributed by atoms with Gasteiger partial charge in [-0.1, -0.05) is 23.7 Å². The highest BCUT2D eigenvalue weighted by Crippen LogP contribution is 2.26. The highest BCUT2D eigenvalue weighted by Gasteiger charge is 2.29. The van der Waals surface area contributed by atoms with Crippen molar-refractivity contribution in [2.24, 2.45) is 0 Å². The first-order chi connectivity index (χ1) is 12.9. The fraction of sp³-hybridized carbons (Fsp3) is 0.158. The van der Waals surface area contributed by atoms with E-state index in [0.29, 0.717) is 22.2 Å². The average Bonchev–Trinajstić information content (AvgIpc) is 3.18. The van der Waals surface area contributed by atoms with Crippen LogP contribution in [0.1, 0.15) is 29.9 Å². The predicted octanol–water partition coefficient (Wildman–Crippen LogP) is 4.36. The summed E-state index contributed by atoms with van der Waals surface area (Å²) in [5.74, 6) is -0.127. The molecule has 2 heterocycles. The van der Waals surface area contributed by atoms with Crippen LogP contribution in [0.25, 0.3) is 0 Å². The fourth-order valence-corrected chi connectivity index (χ4v) is 2.99. The summed E-state index contributed by atoms with van der Waals surface area (Å²) < 4.78 is 0. The first-order valence-corrected chi connectivity index (χ1v) is 9.41. The van der Waals surface area contributed by atoms with Gasteiger partial charge in [0.2, 0.25) is 5.91 Å². The molecule has 0 aliphatic rings. The number of nitrogens with one attached hydrogen (secondary N) is 2. The van der Waals surface area contributed by atoms with E-state index in [1.165, 1.54) is 17.5 Å². The molecule has 0 saturated heterocycles. The summed E-state index contributed by atoms with van der Waals surface area (Å²) >= 11 is 7.25. The zero-order valence-electron chi connectivity index (χ0n) is 14.7. The van der Waals surface area contributed by atoms with Gasteiger partial charge >= 0.3 is 0 Å². The Morgan fingerprint density at radius 2 is 1.78 bits per heavy atom. The lowest BCUT2D eigenvalue weighted by Gasteiger charge is -2.24. The van der Waals surface area contributed by atoms with Crippen molar-refractivity contribution < 1.29 is 9.59 Å². The van der Waals surface area contributed by atoms with Crippen LogP contribution in [0, 0.1) is 0 Å². The number of rotatable bonds is 5. The average molecular weight is 401 g/mol. The van der Waals surface area contributed by atoms with E-state index in [4.69, 9.17) is 11.6 Å². The van der Waals surface area contributed by atoms with Crippen molar-refractivity contribution in [3.8, 4) is 0 Å². The third kappa shape index (κ3) is 4.50. The molecule has 0 fully saturated rings. The second-order valence-corrected chi connectivity index (χ2v) is 7.50. The normalized spacial score (nSPS) is 11.1. The van der Waals surface area contributed by atoms with Crippen LogP contribution in [-0.4, -0.2) is 21.8 Å². The quantitative estimate of drug-likeness (QED) is 0.666. The Bertz CT molecular complexity index is 939. The number of halogens is 1. The molecule has 0 bridgehead atoms. The van der Waals surface area contributed by atoms with Crippen molar-refractivity contribution in [1.29, 1.82) is 0 Å². The largest absolute Gasteiger partial charge is 0.324 e. The number of amides is 2. The van der Waals surface area contributed by atoms with Crippen LogP contribution in [0.2, 0.25) is 5.02 Å². The van der Waals surface area contributed by atoms with Crippen LogP contribution >= 0.6 is 22.9 Å². The number of anilines is 2. The Morgan fingerprint density at radius 1 is 1.04 bits per heavy atom. The molecule has 2 aromatic heterocycles. The minimum Gasteiger partial charge on any atom is -0.324 e. The maximum absolute atomic E-state index is 12.7. The Kier molecular flexibility index (Phi) is 5.53. The third-order valence-corrected chi connectivity index (χ3v) is 4.90. The molecule has 0 spiro atoms. The van der Waals surface area contributed by atoms with Crippen LogP contribution in [0.3, 0.4) is 0 Å². The summed E-state index contributed by atoms with van der Waals surface area (Å²) in [5.41, 5.74) is 2.56. The van der Waals surface area contributed by atoms with Crippen LogP contribution in [-0.2, 0) is 10.2 Å². The summed E-state index contributed by atoms with van der Waals surface area (Å²) in [5, 5.41) is 7.78. The van der Waals surface area contributed by atoms with E-state index in [1.807, 2.05) is 26.0 Å². The van der Waals surface area contributed by atoms with Crippen LogP contribution < -0.4 is 10.6 Å². The molecule has 2 N–H and O–H groups in total. The summed E-state index contributed by atoms with van der Waals surface area (Å²) in [6, 6.07) is 10.5. The SMILES string of the molecule is CC(C)(C(=O)Nc1ccc(NC(=O)c2cscn2)nc1)c1ccc(Cl)cc1. The fourth-order valence-electron chi connectivity index (χ4n) is 2.33. The summed E-state index contributed by atoms with van der Waals surface area (Å²) in [7, 11) is 0. The van der Waals surface area contributed by atoms with Gasteiger partial charge in [0.1, 0.15) is 11.5 Å². The van der Waals surface area contributed by atoms with Gasteiger partial charge in [-0.3, -0.25) is 9.59 Å². The molecule has 0 unspecified atom stereocenters. The van der Waals surface area contributed by atoms with Gasteiger partial charge in [0.15, 0.2) is 0 Å². The molecule has 138 valence electrons. The van der Waals surface area contributed by atoms with Crippen LogP contribution in [0.5, 0.6) is 0 Å². The van der Waals surface area contributed by atoms with E-state index in [2.05, 4.69) is 20.6 Å². The maximum atomic E-state index is 12.7. The van der Waals surface area contributed by atoms with Gasteiger partial charge in [-0.15, -0.1) is 11.3 Å². The van der Waals surface area contributed by atoms with Crippen LogP contribution in [0.4, 0.5) is 11.5 Å². The van der Waals surface area contributed by atoms with Crippen molar-refractivity contribution in [2.45, 2.75) is 19.3 Å². The maximum Gasteiger partial charge on any atom is 0.276 e. The molecule has 0 aliphatic heterocycles. The highest BCUT2D eigenvalue weighted by molar-refractivity contribution is 7.07. The van der Waals surface area contributed by atoms with Gasteiger partial charge < -0.3 is 10.6 Å². The smallest absolute Gasteiger partial charge is 0.276 e. The molecule has 0 atom stereocenters. The van der Waals surface area contributed by atoms with Crippen molar-refractivity contribution in [3.05, 3.63) is 69.8 Å². The molecule has 27 heavy (non-hydrogen) atoms. The summed E-state index contributed by atoms with van der Waals surface area (Å²) in [6.45, 7) is 3.67. The number of thiazole rings is 1. The Balaban J connectivity index is 1.66. The van der Waals surface area contributed by atoms with Gasteiger partial charge in [-0.2, -0.15) is 0 Å². The van der Waals surface area contributed by atoms with Crippen molar-refractivity contribution in [3.63, 3.8) is 0 Å². The number of nitrogens with zero attached hydrogens (tertiary/aromatic N) is 2. The van der Waals surface area contributed by atoms with Gasteiger partial charge in [0, 0.05) is 10.4 Å². The standard InChI is InChI=1S/C19H17ClN4O2S/c1-19(2,12-3-5-13(20)6-4-12)18(26)23-14-7-8-16(21-9-14)24-17(25)15-10-27-11-22-15/h3-11H,1-2H3,(H,23,26)(H,21,24,25). The molecule has 8 heteroatoms. The van der Waals surface area contributed by atoms with Crippen molar-refractivity contribution in [2.75, 3.05) is 10.6 Å². The van der Waals surface area contributed by atoms with E-state index in [1.54, 1.807) is 35.2 Å². The molecule has 1 aromatic carbocycles. The van der Waals surface area contributed by atoms with Gasteiger partial charge in [0.25, 0.3) is 5.91 Å². The van der Waals surface area contributed by atoms with E-state index in [0.717, 1.165) is 5.56 Å². The summed E-state index contributed by atoms with van der Waals surface area (Å²) in [6.07, 6.45) is 1.49. The first kappa shape index (κ1) is 19.0. The molecule has 3 aromatic rings. The number of aromatic nitrogens is 2. The Morgan fingerprint density at radius 3 is 2.37 bits per heavy atom. The molecule has 2 amide bonds. The second-order valence-electron chi connectivity index (χ2n) is 6.35. The lowest BCUT2D eigenvalue weighted by Crippen LogP contribution is -2.34. The number of hydrogen-bond donors (Lipinski definition) is 2. The number of carbonyl (C=O) groups excluding carboxylic acids is 2. The zero-order valence-corrected chi connectivity index (χ0v) is 16.3. The molecule has 6 nitrogen and oxygen atoms in total. The molecule has 3 rings (SSSR count). The zero-order chi connectivity index (χ0) is 19.4. The lowest BCUT2D eigenvalue weighted by molar-refractivity contribution is -0.120. The Labute approximate surface area is 165 Å². The molecule has 0 saturated carbocycles. The monoisotopic (exact) mass is 400 g/mol. The minimum absolute atomic E-state index is 0.175. The van der Waals surface area contributed by atoms with E-state index in [-0.39, 0.29) is 11.8 Å². The number of benzene rings is 1. The molecule has 0 radical (unpaired) electrons. The van der Waals surface area contributed by atoms with Crippen molar-refractivity contribution >= 4 is 46.3 Å². The van der Waals surface area contributed by atoms with Gasteiger partial charge in [-0.25, -0.2) is 9.97 Å². The third-order valence-electron chi connectivity index (χ3n) is 4.06.